The average Bonchev–Trinajstić information content (AvgIpc) is 3.73. The fourth-order valence-electron chi connectivity index (χ4n) is 7.09. The van der Waals surface area contributed by atoms with Gasteiger partial charge in [-0.1, -0.05) is 18.2 Å². The topological polar surface area (TPSA) is 307 Å². The first-order valence-corrected chi connectivity index (χ1v) is 17.4. The summed E-state index contributed by atoms with van der Waals surface area (Å²) in [5, 5.41) is 92.9. The van der Waals surface area contributed by atoms with Crippen LogP contribution in [0, 0.1) is 11.8 Å². The number of benzene rings is 1. The summed E-state index contributed by atoms with van der Waals surface area (Å²) < 4.78 is 43.9. The number of hydrogen-bond acceptors (Lipinski definition) is 20. The van der Waals surface area contributed by atoms with E-state index in [1.54, 1.807) is 12.1 Å². The molecule has 5 aliphatic rings. The number of rotatable bonds is 12. The third-order valence-corrected chi connectivity index (χ3v) is 10.0. The fourth-order valence-corrected chi connectivity index (χ4v) is 7.09. The molecule has 1 spiro atoms. The van der Waals surface area contributed by atoms with Crippen LogP contribution in [0.3, 0.4) is 0 Å². The number of aromatic hydroxyl groups is 1. The van der Waals surface area contributed by atoms with Crippen molar-refractivity contribution in [1.82, 2.24) is 0 Å². The lowest BCUT2D eigenvalue weighted by molar-refractivity contribution is -0.344. The Hall–Kier alpha value is -4.29. The molecule has 56 heavy (non-hydrogen) atoms. The van der Waals surface area contributed by atoms with Crippen molar-refractivity contribution in [2.45, 2.75) is 79.4 Å². The van der Waals surface area contributed by atoms with Crippen molar-refractivity contribution >= 4 is 24.0 Å². The Morgan fingerprint density at radius 2 is 1.66 bits per heavy atom. The molecule has 0 amide bonds. The second-order valence-electron chi connectivity index (χ2n) is 13.5. The maximum Gasteiger partial charge on any atom is 0.337 e. The number of aliphatic hydroxyl groups excluding tert-OH is 8. The van der Waals surface area contributed by atoms with Gasteiger partial charge >= 0.3 is 17.9 Å². The number of hydrogen-bond donors (Lipinski definition) is 9. The third-order valence-electron chi connectivity index (χ3n) is 10.0. The van der Waals surface area contributed by atoms with Crippen LogP contribution >= 0.6 is 0 Å². The highest BCUT2D eigenvalue weighted by molar-refractivity contribution is 5.94. The quantitative estimate of drug-likeness (QED) is 0.0427. The van der Waals surface area contributed by atoms with Gasteiger partial charge in [-0.15, -0.1) is 0 Å². The number of esters is 3. The summed E-state index contributed by atoms with van der Waals surface area (Å²) in [6.07, 6.45) is -12.5. The zero-order valence-corrected chi connectivity index (χ0v) is 29.5. The molecule has 20 heteroatoms. The van der Waals surface area contributed by atoms with Crippen LogP contribution in [0.5, 0.6) is 5.75 Å². The first kappa shape index (κ1) is 41.3. The molecule has 0 aromatic heterocycles. The molecule has 4 aliphatic heterocycles. The van der Waals surface area contributed by atoms with E-state index in [1.165, 1.54) is 36.4 Å². The van der Waals surface area contributed by atoms with Crippen molar-refractivity contribution in [1.29, 1.82) is 0 Å². The molecule has 15 unspecified atom stereocenters. The van der Waals surface area contributed by atoms with Gasteiger partial charge in [-0.05, 0) is 35.9 Å². The van der Waals surface area contributed by atoms with E-state index in [0.717, 1.165) is 19.4 Å². The van der Waals surface area contributed by atoms with Gasteiger partial charge in [0.1, 0.15) is 54.6 Å². The maximum absolute atomic E-state index is 13.3. The number of methoxy groups -OCH3 is 1. The molecule has 1 aliphatic carbocycles. The summed E-state index contributed by atoms with van der Waals surface area (Å²) in [5.41, 5.74) is -1.68. The lowest BCUT2D eigenvalue weighted by Crippen LogP contribution is -2.60. The number of carbonyl (C=O) groups is 3. The number of aliphatic hydroxyl groups is 8. The van der Waals surface area contributed by atoms with Gasteiger partial charge in [-0.2, -0.15) is 0 Å². The Bertz CT molecular complexity index is 1740. The Kier molecular flexibility index (Phi) is 12.6. The van der Waals surface area contributed by atoms with Crippen LogP contribution in [0.1, 0.15) is 5.56 Å². The van der Waals surface area contributed by atoms with Gasteiger partial charge < -0.3 is 83.9 Å². The molecule has 1 aromatic carbocycles. The van der Waals surface area contributed by atoms with E-state index in [9.17, 15) is 60.3 Å². The van der Waals surface area contributed by atoms with Crippen molar-refractivity contribution in [3.8, 4) is 5.75 Å². The fraction of sp³-hybridized carbons (Fsp3) is 0.528. The van der Waals surface area contributed by atoms with Crippen molar-refractivity contribution in [3.63, 3.8) is 0 Å². The van der Waals surface area contributed by atoms with Gasteiger partial charge in [0.15, 0.2) is 24.3 Å². The predicted molar refractivity (Wildman–Crippen MR) is 180 cm³/mol. The highest BCUT2D eigenvalue weighted by Gasteiger charge is 2.60. The minimum Gasteiger partial charge on any atom is -0.508 e. The summed E-state index contributed by atoms with van der Waals surface area (Å²) in [6.45, 7) is -2.29. The second-order valence-corrected chi connectivity index (χ2v) is 13.5. The average molecular weight is 795 g/mol. The Morgan fingerprint density at radius 1 is 0.946 bits per heavy atom. The Balaban J connectivity index is 1.14. The number of phenolic OH excluding ortho intramolecular Hbond substituents is 1. The van der Waals surface area contributed by atoms with Gasteiger partial charge in [0.25, 0.3) is 0 Å². The molecule has 6 rings (SSSR count). The lowest BCUT2D eigenvalue weighted by atomic mass is 9.78. The molecule has 2 saturated heterocycles. The van der Waals surface area contributed by atoms with Gasteiger partial charge in [-0.25, -0.2) is 14.4 Å². The molecule has 9 N–H and O–H groups in total. The molecule has 0 bridgehead atoms. The molecule has 2 fully saturated rings. The van der Waals surface area contributed by atoms with Crippen LogP contribution in [0.4, 0.5) is 0 Å². The van der Waals surface area contributed by atoms with E-state index in [-0.39, 0.29) is 16.9 Å². The molecule has 15 atom stereocenters. The second kappa shape index (κ2) is 17.1. The number of carbonyl (C=O) groups excluding carboxylic acids is 3. The SMILES string of the molecule is COC(=O)C1=COC(OC2OC(CO)C(O)C(O)C2O)C2C1C=CC21C=C(C(O)COC2OC(CO)C(OC(=O)C=Cc3cccc(O)c3)C(O)C2O)C(=O)O1. The summed E-state index contributed by atoms with van der Waals surface area (Å²) in [5.74, 6) is -4.91. The third kappa shape index (κ3) is 8.09. The number of allylic oxidation sites excluding steroid dienone is 1. The minimum absolute atomic E-state index is 0.0158. The summed E-state index contributed by atoms with van der Waals surface area (Å²) >= 11 is 0. The van der Waals surface area contributed by atoms with Crippen LogP contribution in [0.2, 0.25) is 0 Å². The largest absolute Gasteiger partial charge is 0.508 e. The van der Waals surface area contributed by atoms with Crippen molar-refractivity contribution < 1.29 is 98.2 Å². The zero-order valence-electron chi connectivity index (χ0n) is 29.5. The smallest absolute Gasteiger partial charge is 0.337 e. The molecular formula is C36H42O20. The van der Waals surface area contributed by atoms with E-state index in [1.807, 2.05) is 0 Å². The minimum atomic E-state index is -1.88. The Labute approximate surface area is 317 Å². The van der Waals surface area contributed by atoms with E-state index in [0.29, 0.717) is 5.56 Å². The summed E-state index contributed by atoms with van der Waals surface area (Å²) in [4.78, 5) is 38.5. The zero-order chi connectivity index (χ0) is 40.5. The number of ether oxygens (including phenoxy) is 8. The van der Waals surface area contributed by atoms with Crippen LogP contribution < -0.4 is 0 Å². The number of fused-ring (bicyclic) bond motifs is 2. The monoisotopic (exact) mass is 794 g/mol. The molecule has 20 nitrogen and oxygen atoms in total. The highest BCUT2D eigenvalue weighted by Crippen LogP contribution is 2.51. The highest BCUT2D eigenvalue weighted by atomic mass is 16.8. The first-order chi connectivity index (χ1) is 26.7. The normalized spacial score (nSPS) is 38.4. The van der Waals surface area contributed by atoms with Crippen LogP contribution in [-0.2, 0) is 52.3 Å². The summed E-state index contributed by atoms with van der Waals surface area (Å²) in [7, 11) is 1.13. The van der Waals surface area contributed by atoms with E-state index < -0.39 is 129 Å². The molecule has 306 valence electrons. The predicted octanol–water partition coefficient (Wildman–Crippen LogP) is -3.61. The molecule has 0 saturated carbocycles. The Morgan fingerprint density at radius 3 is 2.36 bits per heavy atom. The number of phenols is 1. The van der Waals surface area contributed by atoms with Gasteiger partial charge in [0, 0.05) is 12.0 Å². The molecule has 0 radical (unpaired) electrons. The summed E-state index contributed by atoms with van der Waals surface area (Å²) in [6, 6.07) is 5.96. The van der Waals surface area contributed by atoms with Crippen LogP contribution in [0.15, 0.2) is 66.0 Å². The van der Waals surface area contributed by atoms with E-state index >= 15 is 0 Å². The van der Waals surface area contributed by atoms with Gasteiger partial charge in [0.05, 0.1) is 50.3 Å². The van der Waals surface area contributed by atoms with Crippen molar-refractivity contribution in [3.05, 3.63) is 71.5 Å². The molecular weight excluding hydrogens is 752 g/mol. The van der Waals surface area contributed by atoms with Crippen molar-refractivity contribution in [2.75, 3.05) is 26.9 Å². The van der Waals surface area contributed by atoms with E-state index in [2.05, 4.69) is 0 Å². The maximum atomic E-state index is 13.3. The molecule has 4 heterocycles. The van der Waals surface area contributed by atoms with E-state index in [4.69, 9.17) is 37.9 Å². The van der Waals surface area contributed by atoms with Crippen LogP contribution in [0.25, 0.3) is 6.08 Å². The standard InChI is InChI=1S/C36H42O20/c1-49-31(47)19-13-50-33(55-35-28(45)26(43)25(42)21(11-37)52-35)24-17(19)7-8-36(24)10-18(32(48)56-36)20(40)14-51-34-29(46)27(44)30(22(12-38)53-34)54-23(41)6-5-15-3-2-4-16(39)9-15/h2-10,13,17,20-22,24-30,33-35,37-40,42-46H,11-12,14H2,1H3. The lowest BCUT2D eigenvalue weighted by Gasteiger charge is -2.44. The first-order valence-electron chi connectivity index (χ1n) is 17.4. The van der Waals surface area contributed by atoms with Gasteiger partial charge in [0.2, 0.25) is 6.29 Å². The van der Waals surface area contributed by atoms with Gasteiger partial charge in [-0.3, -0.25) is 0 Å². The molecule has 1 aromatic rings. The van der Waals surface area contributed by atoms with Crippen LogP contribution in [-0.4, -0.2) is 170 Å². The van der Waals surface area contributed by atoms with Crippen molar-refractivity contribution in [2.24, 2.45) is 11.8 Å².